The van der Waals surface area contributed by atoms with Crippen LogP contribution in [-0.4, -0.2) is 23.4 Å². The van der Waals surface area contributed by atoms with E-state index in [4.69, 9.17) is 10.2 Å². The van der Waals surface area contributed by atoms with Crippen LogP contribution < -0.4 is 42.0 Å². The fourth-order valence-electron chi connectivity index (χ4n) is 0. The Labute approximate surface area is 78.3 Å². The second kappa shape index (κ2) is 44.1. The molecular formula is C4H10ClNaO2. The van der Waals surface area contributed by atoms with Gasteiger partial charge in [0.2, 0.25) is 0 Å². The summed E-state index contributed by atoms with van der Waals surface area (Å²) in [6, 6.07) is 0. The Bertz CT molecular complexity index is 21.5. The molecule has 0 radical (unpaired) electrons. The van der Waals surface area contributed by atoms with E-state index in [1.807, 2.05) is 0 Å². The van der Waals surface area contributed by atoms with Crippen LogP contribution in [0.15, 0.2) is 13.2 Å². The number of hydrogen-bond acceptors (Lipinski definition) is 2. The summed E-state index contributed by atoms with van der Waals surface area (Å²) in [6.45, 7) is 5.75. The Morgan fingerprint density at radius 2 is 1.12 bits per heavy atom. The van der Waals surface area contributed by atoms with Gasteiger partial charge in [0.25, 0.3) is 0 Å². The van der Waals surface area contributed by atoms with Gasteiger partial charge in [-0.25, -0.2) is 0 Å². The molecule has 0 heterocycles. The maximum atomic E-state index is 7.62. The first kappa shape index (κ1) is 23.1. The predicted molar refractivity (Wildman–Crippen MR) is 25.4 cm³/mol. The average molecular weight is 149 g/mol. The van der Waals surface area contributed by atoms with Gasteiger partial charge < -0.3 is 22.6 Å². The standard InChI is InChI=1S/C2H6O2.C2H4.ClH.Na/c3-1-2-4;1-2;;/h3-4H,1-2H2;1-2H2;1H;/q;;;+1/p-1. The molecule has 0 aromatic heterocycles. The summed E-state index contributed by atoms with van der Waals surface area (Å²) in [5.74, 6) is 0. The van der Waals surface area contributed by atoms with Gasteiger partial charge in [-0.05, 0) is 0 Å². The molecule has 0 unspecified atom stereocenters. The van der Waals surface area contributed by atoms with Crippen molar-refractivity contribution in [2.75, 3.05) is 13.2 Å². The quantitative estimate of drug-likeness (QED) is 0.287. The van der Waals surface area contributed by atoms with Crippen LogP contribution >= 0.6 is 0 Å². The number of aliphatic hydroxyl groups excluding tert-OH is 2. The Balaban J connectivity index is -0.0000000183. The Hall–Kier alpha value is 0.950. The zero-order valence-electron chi connectivity index (χ0n) is 5.10. The summed E-state index contributed by atoms with van der Waals surface area (Å²) in [7, 11) is 0. The van der Waals surface area contributed by atoms with Crippen LogP contribution in [0.4, 0.5) is 0 Å². The third-order valence-corrected chi connectivity index (χ3v) is 0.1000. The van der Waals surface area contributed by atoms with Gasteiger partial charge in [-0.3, -0.25) is 0 Å². The molecule has 0 saturated carbocycles. The van der Waals surface area contributed by atoms with Crippen molar-refractivity contribution in [3.05, 3.63) is 13.2 Å². The normalized spacial score (nSPS) is 4.25. The Kier molecular flexibility index (Phi) is 127. The zero-order valence-corrected chi connectivity index (χ0v) is 7.86. The number of rotatable bonds is 1. The van der Waals surface area contributed by atoms with E-state index in [1.54, 1.807) is 0 Å². The third-order valence-electron chi connectivity index (χ3n) is 0.1000. The van der Waals surface area contributed by atoms with Crippen LogP contribution in [0.2, 0.25) is 0 Å². The van der Waals surface area contributed by atoms with Crippen molar-refractivity contribution in [1.82, 2.24) is 0 Å². The minimum atomic E-state index is -0.125. The van der Waals surface area contributed by atoms with Crippen molar-refractivity contribution in [1.29, 1.82) is 0 Å². The summed E-state index contributed by atoms with van der Waals surface area (Å²) >= 11 is 0. The minimum Gasteiger partial charge on any atom is -1.00 e. The Morgan fingerprint density at radius 1 is 1.00 bits per heavy atom. The molecule has 46 valence electrons. The monoisotopic (exact) mass is 148 g/mol. The second-order valence-corrected chi connectivity index (χ2v) is 0.447. The summed E-state index contributed by atoms with van der Waals surface area (Å²) in [4.78, 5) is 0. The van der Waals surface area contributed by atoms with Gasteiger partial charge in [0.1, 0.15) is 0 Å². The number of hydrogen-bond donors (Lipinski definition) is 2. The fraction of sp³-hybridized carbons (Fsp3) is 0.500. The summed E-state index contributed by atoms with van der Waals surface area (Å²) < 4.78 is 0. The van der Waals surface area contributed by atoms with Crippen LogP contribution in [0.3, 0.4) is 0 Å². The second-order valence-electron chi connectivity index (χ2n) is 0.447. The van der Waals surface area contributed by atoms with E-state index in [0.717, 1.165) is 0 Å². The molecule has 0 fully saturated rings. The molecule has 0 atom stereocenters. The smallest absolute Gasteiger partial charge is 1.00 e. The van der Waals surface area contributed by atoms with Gasteiger partial charge in [-0.2, -0.15) is 0 Å². The molecule has 4 heteroatoms. The van der Waals surface area contributed by atoms with Crippen LogP contribution in [0.25, 0.3) is 0 Å². The first-order valence-corrected chi connectivity index (χ1v) is 1.63. The van der Waals surface area contributed by atoms with Gasteiger partial charge in [0.15, 0.2) is 0 Å². The molecule has 0 aliphatic heterocycles. The summed E-state index contributed by atoms with van der Waals surface area (Å²) in [6.07, 6.45) is 0. The van der Waals surface area contributed by atoms with E-state index in [-0.39, 0.29) is 55.2 Å². The van der Waals surface area contributed by atoms with Gasteiger partial charge >= 0.3 is 29.6 Å². The molecule has 0 aromatic rings. The van der Waals surface area contributed by atoms with Crippen LogP contribution in [0, 0.1) is 0 Å². The topological polar surface area (TPSA) is 40.5 Å². The van der Waals surface area contributed by atoms with Crippen molar-refractivity contribution < 1.29 is 52.2 Å². The van der Waals surface area contributed by atoms with Crippen LogP contribution in [-0.2, 0) is 0 Å². The minimum absolute atomic E-state index is 0. The van der Waals surface area contributed by atoms with Crippen molar-refractivity contribution >= 4 is 0 Å². The van der Waals surface area contributed by atoms with Gasteiger partial charge in [0, 0.05) is 0 Å². The Morgan fingerprint density at radius 3 is 1.12 bits per heavy atom. The molecule has 2 nitrogen and oxygen atoms in total. The van der Waals surface area contributed by atoms with Crippen molar-refractivity contribution in [3.8, 4) is 0 Å². The molecule has 0 amide bonds. The largest absolute Gasteiger partial charge is 1.00 e. The van der Waals surface area contributed by atoms with E-state index < -0.39 is 0 Å². The number of aliphatic hydroxyl groups is 2. The molecule has 0 saturated heterocycles. The van der Waals surface area contributed by atoms with E-state index in [2.05, 4.69) is 13.2 Å². The average Bonchev–Trinajstić information content (AvgIpc) is 1.72. The fourth-order valence-corrected chi connectivity index (χ4v) is 0. The molecular weight excluding hydrogens is 138 g/mol. The maximum Gasteiger partial charge on any atom is 1.00 e. The molecule has 0 rings (SSSR count). The molecule has 2 N–H and O–H groups in total. The molecule has 0 aliphatic carbocycles. The third kappa shape index (κ3) is 64.7. The molecule has 0 spiro atoms. The molecule has 0 aliphatic rings. The van der Waals surface area contributed by atoms with Gasteiger partial charge in [-0.15, -0.1) is 13.2 Å². The van der Waals surface area contributed by atoms with Crippen molar-refractivity contribution in [2.45, 2.75) is 0 Å². The number of halogens is 1. The predicted octanol–water partition coefficient (Wildman–Crippen LogP) is -6.22. The summed E-state index contributed by atoms with van der Waals surface area (Å²) in [5.41, 5.74) is 0. The molecule has 0 aromatic carbocycles. The van der Waals surface area contributed by atoms with Gasteiger partial charge in [0.05, 0.1) is 13.2 Å². The van der Waals surface area contributed by atoms with Crippen LogP contribution in [0.1, 0.15) is 0 Å². The van der Waals surface area contributed by atoms with Gasteiger partial charge in [-0.1, -0.05) is 0 Å². The SMILES string of the molecule is C=C.OCCO.[Cl-].[Na+]. The first-order chi connectivity index (χ1) is 2.91. The van der Waals surface area contributed by atoms with E-state index in [0.29, 0.717) is 0 Å². The van der Waals surface area contributed by atoms with Crippen molar-refractivity contribution in [2.24, 2.45) is 0 Å². The maximum absolute atomic E-state index is 7.62. The van der Waals surface area contributed by atoms with E-state index in [9.17, 15) is 0 Å². The van der Waals surface area contributed by atoms with Crippen LogP contribution in [0.5, 0.6) is 0 Å². The molecule has 8 heavy (non-hydrogen) atoms. The summed E-state index contributed by atoms with van der Waals surface area (Å²) in [5, 5.41) is 15.2. The molecule has 0 bridgehead atoms. The van der Waals surface area contributed by atoms with E-state index >= 15 is 0 Å². The van der Waals surface area contributed by atoms with Crippen molar-refractivity contribution in [3.63, 3.8) is 0 Å². The first-order valence-electron chi connectivity index (χ1n) is 1.63. The zero-order chi connectivity index (χ0) is 5.41. The van der Waals surface area contributed by atoms with E-state index in [1.165, 1.54) is 0 Å².